The molecule has 1 amide bonds. The molecule has 2 heterocycles. The van der Waals surface area contributed by atoms with Crippen LogP contribution in [-0.4, -0.2) is 21.8 Å². The molecule has 1 atom stereocenters. The Labute approximate surface area is 242 Å². The lowest BCUT2D eigenvalue weighted by molar-refractivity contribution is -0.132. The van der Waals surface area contributed by atoms with Crippen molar-refractivity contribution in [3.63, 3.8) is 0 Å². The van der Waals surface area contributed by atoms with E-state index in [1.165, 1.54) is 16.2 Å². The summed E-state index contributed by atoms with van der Waals surface area (Å²) in [6.45, 7) is 6.31. The van der Waals surface area contributed by atoms with Gasteiger partial charge in [-0.05, 0) is 61.2 Å². The van der Waals surface area contributed by atoms with Gasteiger partial charge >= 0.3 is 5.91 Å². The van der Waals surface area contributed by atoms with E-state index in [4.69, 9.17) is 9.72 Å². The predicted octanol–water partition coefficient (Wildman–Crippen LogP) is 7.43. The van der Waals surface area contributed by atoms with Crippen molar-refractivity contribution in [2.24, 2.45) is 0 Å². The van der Waals surface area contributed by atoms with Gasteiger partial charge in [-0.25, -0.2) is 4.98 Å². The lowest BCUT2D eigenvalue weighted by Gasteiger charge is -2.23. The maximum Gasteiger partial charge on any atom is 0.301 e. The number of amides is 1. The number of anilines is 1. The molecule has 1 aliphatic rings. The van der Waals surface area contributed by atoms with Gasteiger partial charge in [0.15, 0.2) is 5.13 Å². The van der Waals surface area contributed by atoms with Crippen LogP contribution < -0.4 is 9.64 Å². The van der Waals surface area contributed by atoms with Gasteiger partial charge in [-0.1, -0.05) is 89.7 Å². The Morgan fingerprint density at radius 1 is 0.902 bits per heavy atom. The summed E-state index contributed by atoms with van der Waals surface area (Å²) in [5, 5.41) is 11.9. The van der Waals surface area contributed by atoms with Crippen LogP contribution >= 0.6 is 11.3 Å². The van der Waals surface area contributed by atoms with Gasteiger partial charge in [0.2, 0.25) is 0 Å². The van der Waals surface area contributed by atoms with Crippen molar-refractivity contribution in [2.75, 3.05) is 4.90 Å². The highest BCUT2D eigenvalue weighted by molar-refractivity contribution is 7.22. The minimum atomic E-state index is -0.890. The average Bonchev–Trinajstić information content (AvgIpc) is 3.51. The third kappa shape index (κ3) is 5.00. The molecule has 204 valence electrons. The summed E-state index contributed by atoms with van der Waals surface area (Å²) in [5.41, 5.74) is 6.02. The zero-order valence-corrected chi connectivity index (χ0v) is 23.7. The van der Waals surface area contributed by atoms with Gasteiger partial charge in [0.25, 0.3) is 5.78 Å². The van der Waals surface area contributed by atoms with Crippen molar-refractivity contribution in [3.05, 3.63) is 130 Å². The monoisotopic (exact) mass is 560 g/mol. The SMILES string of the molecule is Cc1ccc(C(O)=C2C(=O)C(=O)N(c3nc4c(C)cc(C)cc4s3)C2c2cccc(OCc3ccccc3)c2)cc1. The zero-order chi connectivity index (χ0) is 28.7. The number of ketones is 1. The first-order chi connectivity index (χ1) is 19.8. The van der Waals surface area contributed by atoms with E-state index >= 15 is 0 Å². The van der Waals surface area contributed by atoms with E-state index in [9.17, 15) is 14.7 Å². The van der Waals surface area contributed by atoms with E-state index in [0.717, 1.165) is 32.5 Å². The van der Waals surface area contributed by atoms with Crippen molar-refractivity contribution in [2.45, 2.75) is 33.4 Å². The Morgan fingerprint density at radius 2 is 1.66 bits per heavy atom. The van der Waals surface area contributed by atoms with Crippen LogP contribution in [0.25, 0.3) is 16.0 Å². The van der Waals surface area contributed by atoms with E-state index in [1.807, 2.05) is 99.6 Å². The molecule has 1 unspecified atom stereocenters. The van der Waals surface area contributed by atoms with Crippen LogP contribution in [0.4, 0.5) is 5.13 Å². The largest absolute Gasteiger partial charge is 0.507 e. The summed E-state index contributed by atoms with van der Waals surface area (Å²) < 4.78 is 7.00. The maximum atomic E-state index is 13.7. The summed E-state index contributed by atoms with van der Waals surface area (Å²) in [5.74, 6) is -1.12. The number of nitrogens with zero attached hydrogens (tertiary/aromatic N) is 2. The van der Waals surface area contributed by atoms with Gasteiger partial charge in [0, 0.05) is 5.56 Å². The van der Waals surface area contributed by atoms with Crippen LogP contribution in [0.5, 0.6) is 5.75 Å². The van der Waals surface area contributed by atoms with Gasteiger partial charge in [0.05, 0.1) is 21.8 Å². The second-order valence-electron chi connectivity index (χ2n) is 10.3. The number of rotatable bonds is 6. The molecule has 0 radical (unpaired) electrons. The standard InChI is InChI=1S/C34H28N2O4S/c1-20-12-14-24(15-13-20)31(37)28-30(25-10-7-11-26(18-25)40-19-23-8-5-4-6-9-23)36(33(39)32(28)38)34-35-29-22(3)16-21(2)17-27(29)41-34/h4-18,30,37H,19H2,1-3H3. The molecule has 1 aromatic heterocycles. The molecular weight excluding hydrogens is 532 g/mol. The molecule has 1 N–H and O–H groups in total. The Bertz CT molecular complexity index is 1820. The molecule has 7 heteroatoms. The number of Topliss-reactive ketones (excluding diaryl/α,β-unsaturated/α-hetero) is 1. The van der Waals surface area contributed by atoms with Crippen molar-refractivity contribution >= 4 is 44.1 Å². The fourth-order valence-corrected chi connectivity index (χ4v) is 6.36. The summed E-state index contributed by atoms with van der Waals surface area (Å²) >= 11 is 1.36. The molecule has 6 nitrogen and oxygen atoms in total. The Kier molecular flexibility index (Phi) is 6.89. The fraction of sp³-hybridized carbons (Fsp3) is 0.147. The molecule has 0 aliphatic carbocycles. The number of aliphatic hydroxyl groups excluding tert-OH is 1. The highest BCUT2D eigenvalue weighted by atomic mass is 32.1. The summed E-state index contributed by atoms with van der Waals surface area (Å²) in [6, 6.07) is 27.5. The molecule has 4 aromatic carbocycles. The van der Waals surface area contributed by atoms with Gasteiger partial charge in [-0.2, -0.15) is 0 Å². The van der Waals surface area contributed by atoms with Gasteiger partial charge in [0.1, 0.15) is 18.1 Å². The molecule has 1 aliphatic heterocycles. The Hall–Kier alpha value is -4.75. The van der Waals surface area contributed by atoms with Gasteiger partial charge in [-0.15, -0.1) is 0 Å². The van der Waals surface area contributed by atoms with E-state index in [1.54, 1.807) is 12.1 Å². The molecule has 1 saturated heterocycles. The first-order valence-electron chi connectivity index (χ1n) is 13.3. The zero-order valence-electron chi connectivity index (χ0n) is 22.9. The number of aliphatic hydroxyl groups is 1. The molecule has 0 bridgehead atoms. The number of ether oxygens (including phenoxy) is 1. The Balaban J connectivity index is 1.49. The summed E-state index contributed by atoms with van der Waals surface area (Å²) in [4.78, 5) is 33.5. The van der Waals surface area contributed by atoms with E-state index in [-0.39, 0.29) is 11.3 Å². The van der Waals surface area contributed by atoms with Crippen LogP contribution in [0.15, 0.2) is 96.6 Å². The van der Waals surface area contributed by atoms with Crippen LogP contribution in [0.3, 0.4) is 0 Å². The number of carbonyl (C=O) groups excluding carboxylic acids is 2. The fourth-order valence-electron chi connectivity index (χ4n) is 5.19. The van der Waals surface area contributed by atoms with E-state index < -0.39 is 17.7 Å². The molecular formula is C34H28N2O4S. The number of carbonyl (C=O) groups is 2. The third-order valence-corrected chi connectivity index (χ3v) is 8.22. The van der Waals surface area contributed by atoms with Crippen molar-refractivity contribution < 1.29 is 19.4 Å². The lowest BCUT2D eigenvalue weighted by Crippen LogP contribution is -2.29. The summed E-state index contributed by atoms with van der Waals surface area (Å²) in [6.07, 6.45) is 0. The number of fused-ring (bicyclic) bond motifs is 1. The molecule has 0 saturated carbocycles. The van der Waals surface area contributed by atoms with E-state index in [2.05, 4.69) is 0 Å². The maximum absolute atomic E-state index is 13.7. The Morgan fingerprint density at radius 3 is 2.41 bits per heavy atom. The summed E-state index contributed by atoms with van der Waals surface area (Å²) in [7, 11) is 0. The smallest absolute Gasteiger partial charge is 0.301 e. The molecule has 1 fully saturated rings. The van der Waals surface area contributed by atoms with Crippen molar-refractivity contribution in [1.82, 2.24) is 4.98 Å². The van der Waals surface area contributed by atoms with Crippen LogP contribution in [0.1, 0.15) is 39.4 Å². The second-order valence-corrected chi connectivity index (χ2v) is 11.3. The van der Waals surface area contributed by atoms with Crippen molar-refractivity contribution in [1.29, 1.82) is 0 Å². The predicted molar refractivity (Wildman–Crippen MR) is 162 cm³/mol. The van der Waals surface area contributed by atoms with Gasteiger partial charge < -0.3 is 9.84 Å². The minimum Gasteiger partial charge on any atom is -0.507 e. The third-order valence-electron chi connectivity index (χ3n) is 7.22. The number of hydrogen-bond donors (Lipinski definition) is 1. The molecule has 5 aromatic rings. The van der Waals surface area contributed by atoms with Crippen LogP contribution in [0.2, 0.25) is 0 Å². The topological polar surface area (TPSA) is 79.7 Å². The molecule has 41 heavy (non-hydrogen) atoms. The van der Waals surface area contributed by atoms with Gasteiger partial charge in [-0.3, -0.25) is 14.5 Å². The minimum absolute atomic E-state index is 0.0196. The number of thiazole rings is 1. The number of benzene rings is 4. The number of hydrogen-bond acceptors (Lipinski definition) is 6. The van der Waals surface area contributed by atoms with E-state index in [0.29, 0.717) is 28.6 Å². The first-order valence-corrected chi connectivity index (χ1v) is 14.1. The number of aryl methyl sites for hydroxylation is 3. The highest BCUT2D eigenvalue weighted by Crippen LogP contribution is 2.45. The highest BCUT2D eigenvalue weighted by Gasteiger charge is 2.48. The molecule has 6 rings (SSSR count). The van der Waals surface area contributed by atoms with Crippen LogP contribution in [0, 0.1) is 20.8 Å². The molecule has 0 spiro atoms. The van der Waals surface area contributed by atoms with Crippen LogP contribution in [-0.2, 0) is 16.2 Å². The number of aromatic nitrogens is 1. The quantitative estimate of drug-likeness (QED) is 0.133. The second kappa shape index (κ2) is 10.7. The average molecular weight is 561 g/mol. The lowest BCUT2D eigenvalue weighted by atomic mass is 9.95. The normalized spacial score (nSPS) is 16.5. The van der Waals surface area contributed by atoms with Crippen molar-refractivity contribution in [3.8, 4) is 5.75 Å². The first kappa shape index (κ1) is 26.5.